The third-order valence-corrected chi connectivity index (χ3v) is 4.13. The molecule has 0 radical (unpaired) electrons. The number of rotatable bonds is 1. The first-order valence-electron chi connectivity index (χ1n) is 5.24. The van der Waals surface area contributed by atoms with Gasteiger partial charge in [0.05, 0.1) is 12.2 Å². The van der Waals surface area contributed by atoms with Crippen molar-refractivity contribution in [3.8, 4) is 0 Å². The highest BCUT2D eigenvalue weighted by molar-refractivity contribution is 5.01. The molecule has 2 bridgehead atoms. The molecule has 0 aromatic heterocycles. The highest BCUT2D eigenvalue weighted by Gasteiger charge is 2.52. The van der Waals surface area contributed by atoms with Crippen molar-refractivity contribution < 1.29 is 4.74 Å². The zero-order valence-corrected chi connectivity index (χ0v) is 7.41. The summed E-state index contributed by atoms with van der Waals surface area (Å²) >= 11 is 0. The molecule has 4 atom stereocenters. The van der Waals surface area contributed by atoms with Crippen LogP contribution in [0.5, 0.6) is 0 Å². The molecular weight excluding hydrogens is 150 g/mol. The van der Waals surface area contributed by atoms with Crippen molar-refractivity contribution >= 4 is 0 Å². The second-order valence-corrected chi connectivity index (χ2v) is 4.69. The number of hydrogen-bond acceptors (Lipinski definition) is 2. The molecular formula is C10H17NO. The van der Waals surface area contributed by atoms with Crippen molar-refractivity contribution in [2.24, 2.45) is 23.5 Å². The Labute approximate surface area is 73.5 Å². The minimum absolute atomic E-state index is 0.622. The largest absolute Gasteiger partial charge is 0.374 e. The molecule has 2 heterocycles. The van der Waals surface area contributed by atoms with Crippen LogP contribution in [0.15, 0.2) is 0 Å². The van der Waals surface area contributed by atoms with Crippen LogP contribution in [0.25, 0.3) is 0 Å². The van der Waals surface area contributed by atoms with Crippen molar-refractivity contribution in [2.75, 3.05) is 6.54 Å². The predicted molar refractivity (Wildman–Crippen MR) is 46.7 cm³/mol. The van der Waals surface area contributed by atoms with Crippen LogP contribution in [0.3, 0.4) is 0 Å². The molecule has 3 aliphatic rings. The standard InChI is InChI=1S/C10H17NO/c11-5-6-3-7-8(4-6)10-2-1-9(7)12-10/h6-10H,1-5,11H2. The zero-order valence-electron chi connectivity index (χ0n) is 7.41. The summed E-state index contributed by atoms with van der Waals surface area (Å²) in [6.45, 7) is 0.895. The third-order valence-electron chi connectivity index (χ3n) is 4.13. The average Bonchev–Trinajstić information content (AvgIpc) is 2.75. The molecule has 2 nitrogen and oxygen atoms in total. The molecule has 2 heteroatoms. The maximum absolute atomic E-state index is 5.89. The number of hydrogen-bond donors (Lipinski definition) is 1. The zero-order chi connectivity index (χ0) is 8.13. The van der Waals surface area contributed by atoms with Gasteiger partial charge in [-0.1, -0.05) is 0 Å². The van der Waals surface area contributed by atoms with Gasteiger partial charge in [-0.3, -0.25) is 0 Å². The molecule has 0 aromatic rings. The Bertz CT molecular complexity index is 176. The van der Waals surface area contributed by atoms with Gasteiger partial charge in [-0.2, -0.15) is 0 Å². The van der Waals surface area contributed by atoms with Gasteiger partial charge in [0, 0.05) is 0 Å². The van der Waals surface area contributed by atoms with Gasteiger partial charge in [0.2, 0.25) is 0 Å². The van der Waals surface area contributed by atoms with Crippen molar-refractivity contribution in [3.63, 3.8) is 0 Å². The van der Waals surface area contributed by atoms with E-state index in [1.165, 1.54) is 25.7 Å². The quantitative estimate of drug-likeness (QED) is 0.636. The third kappa shape index (κ3) is 0.826. The van der Waals surface area contributed by atoms with Gasteiger partial charge in [-0.25, -0.2) is 0 Å². The van der Waals surface area contributed by atoms with Crippen LogP contribution >= 0.6 is 0 Å². The maximum atomic E-state index is 5.89. The molecule has 3 rings (SSSR count). The van der Waals surface area contributed by atoms with Crippen molar-refractivity contribution in [2.45, 2.75) is 37.9 Å². The van der Waals surface area contributed by atoms with Gasteiger partial charge >= 0.3 is 0 Å². The summed E-state index contributed by atoms with van der Waals surface area (Å²) < 4.78 is 5.89. The molecule has 2 N–H and O–H groups in total. The number of fused-ring (bicyclic) bond motifs is 5. The lowest BCUT2D eigenvalue weighted by Gasteiger charge is -2.19. The lowest BCUT2D eigenvalue weighted by molar-refractivity contribution is 0.0771. The smallest absolute Gasteiger partial charge is 0.0611 e. The van der Waals surface area contributed by atoms with Gasteiger partial charge in [-0.15, -0.1) is 0 Å². The minimum Gasteiger partial charge on any atom is -0.374 e. The van der Waals surface area contributed by atoms with E-state index in [0.717, 1.165) is 24.3 Å². The molecule has 0 amide bonds. The van der Waals surface area contributed by atoms with E-state index in [0.29, 0.717) is 12.2 Å². The van der Waals surface area contributed by atoms with E-state index in [1.54, 1.807) is 0 Å². The molecule has 12 heavy (non-hydrogen) atoms. The fourth-order valence-corrected chi connectivity index (χ4v) is 3.58. The lowest BCUT2D eigenvalue weighted by Crippen LogP contribution is -2.21. The van der Waals surface area contributed by atoms with Gasteiger partial charge in [0.15, 0.2) is 0 Å². The monoisotopic (exact) mass is 167 g/mol. The first-order valence-corrected chi connectivity index (χ1v) is 5.24. The second-order valence-electron chi connectivity index (χ2n) is 4.69. The van der Waals surface area contributed by atoms with Crippen molar-refractivity contribution in [1.29, 1.82) is 0 Å². The maximum Gasteiger partial charge on any atom is 0.0611 e. The van der Waals surface area contributed by atoms with Gasteiger partial charge < -0.3 is 10.5 Å². The molecule has 1 aliphatic carbocycles. The van der Waals surface area contributed by atoms with Crippen molar-refractivity contribution in [3.05, 3.63) is 0 Å². The van der Waals surface area contributed by atoms with Crippen LogP contribution in [0.4, 0.5) is 0 Å². The van der Waals surface area contributed by atoms with Crippen LogP contribution in [-0.2, 0) is 4.74 Å². The Morgan fingerprint density at radius 3 is 2.17 bits per heavy atom. The molecule has 2 aliphatic heterocycles. The van der Waals surface area contributed by atoms with Crippen LogP contribution in [0.2, 0.25) is 0 Å². The SMILES string of the molecule is NCC1CC2C3CCC(O3)C2C1. The van der Waals surface area contributed by atoms with E-state index in [2.05, 4.69) is 0 Å². The topological polar surface area (TPSA) is 35.2 Å². The van der Waals surface area contributed by atoms with Crippen LogP contribution < -0.4 is 5.73 Å². The molecule has 3 fully saturated rings. The Kier molecular flexibility index (Phi) is 1.50. The summed E-state index contributed by atoms with van der Waals surface area (Å²) in [6, 6.07) is 0. The molecule has 4 unspecified atom stereocenters. The molecule has 0 spiro atoms. The van der Waals surface area contributed by atoms with Crippen LogP contribution in [-0.4, -0.2) is 18.8 Å². The Hall–Kier alpha value is -0.0800. The first-order chi connectivity index (χ1) is 5.88. The van der Waals surface area contributed by atoms with Crippen molar-refractivity contribution in [1.82, 2.24) is 0 Å². The lowest BCUT2D eigenvalue weighted by atomic mass is 9.82. The molecule has 68 valence electrons. The highest BCUT2D eigenvalue weighted by Crippen LogP contribution is 2.53. The van der Waals surface area contributed by atoms with Gasteiger partial charge in [-0.05, 0) is 50.0 Å². The summed E-state index contributed by atoms with van der Waals surface area (Å²) in [7, 11) is 0. The first kappa shape index (κ1) is 7.34. The van der Waals surface area contributed by atoms with E-state index in [-0.39, 0.29) is 0 Å². The highest BCUT2D eigenvalue weighted by atomic mass is 16.5. The number of nitrogens with two attached hydrogens (primary N) is 1. The molecule has 0 aromatic carbocycles. The Morgan fingerprint density at radius 2 is 1.67 bits per heavy atom. The van der Waals surface area contributed by atoms with Gasteiger partial charge in [0.1, 0.15) is 0 Å². The van der Waals surface area contributed by atoms with E-state index in [1.807, 2.05) is 0 Å². The predicted octanol–water partition coefficient (Wildman–Crippen LogP) is 1.15. The summed E-state index contributed by atoms with van der Waals surface area (Å²) in [5, 5.41) is 0. The number of ether oxygens (including phenoxy) is 1. The van der Waals surface area contributed by atoms with Crippen LogP contribution in [0.1, 0.15) is 25.7 Å². The van der Waals surface area contributed by atoms with Crippen LogP contribution in [0, 0.1) is 17.8 Å². The van der Waals surface area contributed by atoms with Gasteiger partial charge in [0.25, 0.3) is 0 Å². The Balaban J connectivity index is 1.78. The summed E-state index contributed by atoms with van der Waals surface area (Å²) in [4.78, 5) is 0. The summed E-state index contributed by atoms with van der Waals surface area (Å²) in [5.41, 5.74) is 5.71. The molecule has 2 saturated heterocycles. The summed E-state index contributed by atoms with van der Waals surface area (Å²) in [5.74, 6) is 2.58. The van der Waals surface area contributed by atoms with E-state index in [4.69, 9.17) is 10.5 Å². The fraction of sp³-hybridized carbons (Fsp3) is 1.00. The normalized spacial score (nSPS) is 56.2. The summed E-state index contributed by atoms with van der Waals surface area (Å²) in [6.07, 6.45) is 6.59. The second kappa shape index (κ2) is 2.46. The molecule has 1 saturated carbocycles. The van der Waals surface area contributed by atoms with E-state index >= 15 is 0 Å². The van der Waals surface area contributed by atoms with E-state index < -0.39 is 0 Å². The fourth-order valence-electron chi connectivity index (χ4n) is 3.58. The average molecular weight is 167 g/mol. The van der Waals surface area contributed by atoms with E-state index in [9.17, 15) is 0 Å². The minimum atomic E-state index is 0.622. The Morgan fingerprint density at radius 1 is 1.08 bits per heavy atom.